The van der Waals surface area contributed by atoms with Crippen LogP contribution < -0.4 is 0 Å². The van der Waals surface area contributed by atoms with Crippen molar-refractivity contribution in [3.8, 4) is 0 Å². The Morgan fingerprint density at radius 3 is 1.55 bits per heavy atom. The molecule has 0 radical (unpaired) electrons. The van der Waals surface area contributed by atoms with Crippen molar-refractivity contribution in [3.05, 3.63) is 0 Å². The van der Waals surface area contributed by atoms with Crippen LogP contribution in [-0.2, 0) is 4.74 Å². The molecule has 2 heteroatoms. The predicted octanol–water partition coefficient (Wildman–Crippen LogP) is 5.72. The molecule has 0 aromatic carbocycles. The Kier molecular flexibility index (Phi) is 13.2. The third-order valence-corrected chi connectivity index (χ3v) is 4.88. The Labute approximate surface area is 139 Å². The van der Waals surface area contributed by atoms with E-state index in [1.807, 2.05) is 0 Å². The van der Waals surface area contributed by atoms with Crippen molar-refractivity contribution in [1.29, 1.82) is 0 Å². The van der Waals surface area contributed by atoms with E-state index in [1.165, 1.54) is 89.9 Å². The van der Waals surface area contributed by atoms with Gasteiger partial charge in [0.25, 0.3) is 0 Å². The first-order chi connectivity index (χ1) is 10.9. The lowest BCUT2D eigenvalue weighted by molar-refractivity contribution is -0.0554. The maximum atomic E-state index is 8.31. The summed E-state index contributed by atoms with van der Waals surface area (Å²) in [5.74, 6) is 1.60. The molecule has 1 aliphatic heterocycles. The molecule has 2 aliphatic rings. The van der Waals surface area contributed by atoms with Crippen molar-refractivity contribution in [1.82, 2.24) is 0 Å². The van der Waals surface area contributed by atoms with E-state index >= 15 is 0 Å². The Balaban J connectivity index is 0.000000335. The van der Waals surface area contributed by atoms with Crippen molar-refractivity contribution in [2.45, 2.75) is 96.8 Å². The second kappa shape index (κ2) is 14.5. The van der Waals surface area contributed by atoms with Gasteiger partial charge in [-0.3, -0.25) is 0 Å². The lowest BCUT2D eigenvalue weighted by Crippen LogP contribution is -2.30. The molecular formula is C20H40O2. The van der Waals surface area contributed by atoms with Gasteiger partial charge in [0.15, 0.2) is 0 Å². The van der Waals surface area contributed by atoms with E-state index in [2.05, 4.69) is 6.92 Å². The number of unbranched alkanes of at least 4 members (excludes halogenated alkanes) is 10. The fraction of sp³-hybridized carbons (Fsp3) is 1.00. The molecule has 2 rings (SSSR count). The monoisotopic (exact) mass is 312 g/mol. The van der Waals surface area contributed by atoms with E-state index in [4.69, 9.17) is 9.84 Å². The topological polar surface area (TPSA) is 29.5 Å². The van der Waals surface area contributed by atoms with Crippen LogP contribution in [0.3, 0.4) is 0 Å². The highest BCUT2D eigenvalue weighted by molar-refractivity contribution is 4.72. The van der Waals surface area contributed by atoms with Gasteiger partial charge in [0.1, 0.15) is 0 Å². The molecular weight excluding hydrogens is 272 g/mol. The number of hydrogen-bond donors (Lipinski definition) is 1. The third kappa shape index (κ3) is 12.5. The lowest BCUT2D eigenvalue weighted by Gasteiger charge is -2.22. The normalized spacial score (nSPS) is 17.7. The van der Waals surface area contributed by atoms with Crippen molar-refractivity contribution in [3.63, 3.8) is 0 Å². The van der Waals surface area contributed by atoms with Crippen molar-refractivity contribution in [2.24, 2.45) is 11.8 Å². The SMILES string of the molecule is CCCCCCCCCCCCCC1CC1.OCC1COC1. The van der Waals surface area contributed by atoms with Crippen LogP contribution in [0.4, 0.5) is 0 Å². The van der Waals surface area contributed by atoms with E-state index < -0.39 is 0 Å². The molecule has 132 valence electrons. The molecule has 0 spiro atoms. The van der Waals surface area contributed by atoms with Gasteiger partial charge in [0.05, 0.1) is 19.8 Å². The molecule has 0 bridgehead atoms. The Morgan fingerprint density at radius 2 is 1.23 bits per heavy atom. The molecule has 1 saturated carbocycles. The molecule has 1 aliphatic carbocycles. The Hall–Kier alpha value is -0.0800. The highest BCUT2D eigenvalue weighted by Gasteiger charge is 2.19. The molecule has 2 nitrogen and oxygen atoms in total. The van der Waals surface area contributed by atoms with Gasteiger partial charge >= 0.3 is 0 Å². The second-order valence-electron chi connectivity index (χ2n) is 7.35. The van der Waals surface area contributed by atoms with Gasteiger partial charge in [-0.25, -0.2) is 0 Å². The summed E-state index contributed by atoms with van der Waals surface area (Å²) < 4.78 is 4.77. The molecule has 0 aromatic heterocycles. The Bertz CT molecular complexity index is 219. The number of rotatable bonds is 13. The minimum absolute atomic E-state index is 0.292. The van der Waals surface area contributed by atoms with Gasteiger partial charge in [0.2, 0.25) is 0 Å². The summed E-state index contributed by atoms with van der Waals surface area (Å²) in [7, 11) is 0. The zero-order chi connectivity index (χ0) is 15.9. The molecule has 2 fully saturated rings. The smallest absolute Gasteiger partial charge is 0.0538 e. The minimum atomic E-state index is 0.292. The summed E-state index contributed by atoms with van der Waals surface area (Å²) >= 11 is 0. The molecule has 0 aromatic rings. The van der Waals surface area contributed by atoms with Crippen LogP contribution in [0.2, 0.25) is 0 Å². The number of aliphatic hydroxyl groups is 1. The predicted molar refractivity (Wildman–Crippen MR) is 95.2 cm³/mol. The summed E-state index contributed by atoms with van der Waals surface area (Å²) in [4.78, 5) is 0. The number of ether oxygens (including phenoxy) is 1. The van der Waals surface area contributed by atoms with Crippen LogP contribution >= 0.6 is 0 Å². The largest absolute Gasteiger partial charge is 0.396 e. The maximum Gasteiger partial charge on any atom is 0.0538 e. The van der Waals surface area contributed by atoms with Crippen molar-refractivity contribution in [2.75, 3.05) is 19.8 Å². The number of aliphatic hydroxyl groups excluding tert-OH is 1. The molecule has 0 amide bonds. The molecule has 0 atom stereocenters. The molecule has 0 unspecified atom stereocenters. The van der Waals surface area contributed by atoms with Crippen LogP contribution in [0.5, 0.6) is 0 Å². The fourth-order valence-electron chi connectivity index (χ4n) is 2.89. The first-order valence-corrected chi connectivity index (χ1v) is 10.1. The first-order valence-electron chi connectivity index (χ1n) is 10.1. The maximum absolute atomic E-state index is 8.31. The highest BCUT2D eigenvalue weighted by atomic mass is 16.5. The van der Waals surface area contributed by atoms with Crippen LogP contribution in [0.1, 0.15) is 96.8 Å². The Morgan fingerprint density at radius 1 is 0.727 bits per heavy atom. The van der Waals surface area contributed by atoms with Crippen molar-refractivity contribution >= 4 is 0 Å². The highest BCUT2D eigenvalue weighted by Crippen LogP contribution is 2.34. The summed E-state index contributed by atoms with van der Waals surface area (Å²) in [6.07, 6.45) is 20.9. The lowest BCUT2D eigenvalue weighted by atomic mass is 10.0. The van der Waals surface area contributed by atoms with Crippen LogP contribution in [0, 0.1) is 11.8 Å². The summed E-state index contributed by atoms with van der Waals surface area (Å²) in [5, 5.41) is 8.31. The number of hydrogen-bond acceptors (Lipinski definition) is 2. The van der Waals surface area contributed by atoms with E-state index in [9.17, 15) is 0 Å². The summed E-state index contributed by atoms with van der Waals surface area (Å²) in [6.45, 7) is 4.11. The summed E-state index contributed by atoms with van der Waals surface area (Å²) in [6, 6.07) is 0. The zero-order valence-corrected chi connectivity index (χ0v) is 15.0. The average Bonchev–Trinajstić information content (AvgIpc) is 3.28. The minimum Gasteiger partial charge on any atom is -0.396 e. The average molecular weight is 313 g/mol. The standard InChI is InChI=1S/C16H32.C4H8O2/c1-2-3-4-5-6-7-8-9-10-11-12-13-16-14-15-16;5-1-4-2-6-3-4/h16H,2-15H2,1H3;4-5H,1-3H2. The van der Waals surface area contributed by atoms with Gasteiger partial charge in [-0.2, -0.15) is 0 Å². The quantitative estimate of drug-likeness (QED) is 0.440. The van der Waals surface area contributed by atoms with Gasteiger partial charge in [-0.15, -0.1) is 0 Å². The zero-order valence-electron chi connectivity index (χ0n) is 15.0. The fourth-order valence-corrected chi connectivity index (χ4v) is 2.89. The summed E-state index contributed by atoms with van der Waals surface area (Å²) in [5.41, 5.74) is 0. The molecule has 1 saturated heterocycles. The van der Waals surface area contributed by atoms with E-state index in [1.54, 1.807) is 0 Å². The van der Waals surface area contributed by atoms with Crippen LogP contribution in [0.25, 0.3) is 0 Å². The molecule has 22 heavy (non-hydrogen) atoms. The second-order valence-corrected chi connectivity index (χ2v) is 7.35. The van der Waals surface area contributed by atoms with Gasteiger partial charge in [0, 0.05) is 5.92 Å². The van der Waals surface area contributed by atoms with E-state index in [0.717, 1.165) is 19.1 Å². The molecule has 1 N–H and O–H groups in total. The van der Waals surface area contributed by atoms with Gasteiger partial charge in [-0.05, 0) is 5.92 Å². The van der Waals surface area contributed by atoms with E-state index in [0.29, 0.717) is 12.5 Å². The molecule has 1 heterocycles. The van der Waals surface area contributed by atoms with Crippen LogP contribution in [0.15, 0.2) is 0 Å². The van der Waals surface area contributed by atoms with Crippen molar-refractivity contribution < 1.29 is 9.84 Å². The first kappa shape index (κ1) is 20.0. The van der Waals surface area contributed by atoms with Gasteiger partial charge < -0.3 is 9.84 Å². The van der Waals surface area contributed by atoms with Crippen LogP contribution in [-0.4, -0.2) is 24.9 Å². The van der Waals surface area contributed by atoms with Gasteiger partial charge in [-0.1, -0.05) is 96.8 Å². The third-order valence-electron chi connectivity index (χ3n) is 4.88. The van der Waals surface area contributed by atoms with E-state index in [-0.39, 0.29) is 0 Å².